The summed E-state index contributed by atoms with van der Waals surface area (Å²) in [5.74, 6) is 5.53. The van der Waals surface area contributed by atoms with E-state index in [1.807, 2.05) is 13.8 Å². The van der Waals surface area contributed by atoms with E-state index < -0.39 is 15.1 Å². The van der Waals surface area contributed by atoms with Gasteiger partial charge in [-0.25, -0.2) is 8.42 Å². The van der Waals surface area contributed by atoms with Crippen molar-refractivity contribution in [3.05, 3.63) is 34.4 Å². The molecule has 108 valence electrons. The van der Waals surface area contributed by atoms with E-state index >= 15 is 0 Å². The number of nitrogens with two attached hydrogens (primary N) is 1. The van der Waals surface area contributed by atoms with Crippen LogP contribution in [0.25, 0.3) is 0 Å². The third-order valence-electron chi connectivity index (χ3n) is 3.72. The largest absolute Gasteiger partial charge is 0.271 e. The summed E-state index contributed by atoms with van der Waals surface area (Å²) < 4.78 is 23.3. The van der Waals surface area contributed by atoms with E-state index in [0.717, 1.165) is 0 Å². The van der Waals surface area contributed by atoms with Crippen LogP contribution in [0.15, 0.2) is 12.1 Å². The SMILES string of the molecule is Cc1cc(C)c(CC(NN)C(C)S(C)(=O)=O)c(C)c1. The lowest BCUT2D eigenvalue weighted by Gasteiger charge is -2.24. The smallest absolute Gasteiger partial charge is 0.151 e. The van der Waals surface area contributed by atoms with Crippen molar-refractivity contribution in [1.29, 1.82) is 0 Å². The highest BCUT2D eigenvalue weighted by Gasteiger charge is 2.26. The lowest BCUT2D eigenvalue weighted by Crippen LogP contribution is -2.47. The molecule has 0 aliphatic rings. The Hall–Kier alpha value is -0.910. The molecule has 0 radical (unpaired) electrons. The zero-order valence-corrected chi connectivity index (χ0v) is 13.1. The van der Waals surface area contributed by atoms with Crippen molar-refractivity contribution in [2.45, 2.75) is 45.4 Å². The van der Waals surface area contributed by atoms with Crippen LogP contribution in [0, 0.1) is 20.8 Å². The van der Waals surface area contributed by atoms with Gasteiger partial charge in [-0.1, -0.05) is 17.7 Å². The maximum Gasteiger partial charge on any atom is 0.151 e. The minimum Gasteiger partial charge on any atom is -0.271 e. The number of aryl methyl sites for hydroxylation is 3. The van der Waals surface area contributed by atoms with E-state index in [1.54, 1.807) is 6.92 Å². The molecule has 3 N–H and O–H groups in total. The van der Waals surface area contributed by atoms with E-state index in [9.17, 15) is 8.42 Å². The van der Waals surface area contributed by atoms with Gasteiger partial charge in [-0.3, -0.25) is 11.3 Å². The second-order valence-electron chi connectivity index (χ2n) is 5.39. The van der Waals surface area contributed by atoms with E-state index in [-0.39, 0.29) is 6.04 Å². The molecule has 1 aromatic carbocycles. The van der Waals surface area contributed by atoms with Gasteiger partial charge in [0, 0.05) is 12.3 Å². The standard InChI is InChI=1S/C14H24N2O2S/c1-9-6-10(2)13(11(3)7-9)8-14(16-15)12(4)19(5,17)18/h6-7,12,14,16H,8,15H2,1-5H3. The maximum atomic E-state index is 11.7. The van der Waals surface area contributed by atoms with Gasteiger partial charge in [0.2, 0.25) is 0 Å². The molecule has 0 amide bonds. The van der Waals surface area contributed by atoms with Crippen molar-refractivity contribution in [3.63, 3.8) is 0 Å². The molecule has 1 aromatic rings. The lowest BCUT2D eigenvalue weighted by molar-refractivity contribution is 0.492. The summed E-state index contributed by atoms with van der Waals surface area (Å²) in [6.07, 6.45) is 1.86. The number of hydrogen-bond acceptors (Lipinski definition) is 4. The monoisotopic (exact) mass is 284 g/mol. The Bertz CT molecular complexity index is 530. The average molecular weight is 284 g/mol. The highest BCUT2D eigenvalue weighted by atomic mass is 32.2. The van der Waals surface area contributed by atoms with Gasteiger partial charge in [-0.15, -0.1) is 0 Å². The summed E-state index contributed by atoms with van der Waals surface area (Å²) in [4.78, 5) is 0. The van der Waals surface area contributed by atoms with Gasteiger partial charge < -0.3 is 0 Å². The van der Waals surface area contributed by atoms with Gasteiger partial charge in [0.05, 0.1) is 5.25 Å². The molecule has 2 atom stereocenters. The molecule has 0 aliphatic carbocycles. The Labute approximate surface area is 116 Å². The minimum atomic E-state index is -3.11. The van der Waals surface area contributed by atoms with Crippen molar-refractivity contribution in [2.24, 2.45) is 5.84 Å². The molecule has 0 aliphatic heterocycles. The van der Waals surface area contributed by atoms with Gasteiger partial charge in [-0.2, -0.15) is 0 Å². The molecule has 0 spiro atoms. The zero-order valence-electron chi connectivity index (χ0n) is 12.3. The van der Waals surface area contributed by atoms with E-state index in [4.69, 9.17) is 5.84 Å². The summed E-state index contributed by atoms with van der Waals surface area (Å²) in [7, 11) is -3.11. The first-order valence-corrected chi connectivity index (χ1v) is 8.34. The van der Waals surface area contributed by atoms with Gasteiger partial charge in [0.25, 0.3) is 0 Å². The predicted molar refractivity (Wildman–Crippen MR) is 79.8 cm³/mol. The van der Waals surface area contributed by atoms with Crippen LogP contribution in [0.1, 0.15) is 29.2 Å². The Kier molecular flexibility index (Phi) is 5.12. The van der Waals surface area contributed by atoms with Gasteiger partial charge in [0.1, 0.15) is 0 Å². The third kappa shape index (κ3) is 4.03. The van der Waals surface area contributed by atoms with Crippen molar-refractivity contribution < 1.29 is 8.42 Å². The number of rotatable bonds is 5. The fourth-order valence-corrected chi connectivity index (χ4v) is 3.18. The van der Waals surface area contributed by atoms with Crippen LogP contribution in [-0.4, -0.2) is 26.0 Å². The lowest BCUT2D eigenvalue weighted by atomic mass is 9.94. The van der Waals surface area contributed by atoms with Crippen molar-refractivity contribution in [2.75, 3.05) is 6.26 Å². The van der Waals surface area contributed by atoms with Crippen LogP contribution in [-0.2, 0) is 16.3 Å². The molecule has 0 saturated heterocycles. The number of hydrazine groups is 1. The summed E-state index contributed by atoms with van der Waals surface area (Å²) in [6.45, 7) is 7.85. The van der Waals surface area contributed by atoms with Crippen LogP contribution in [0.2, 0.25) is 0 Å². The highest BCUT2D eigenvalue weighted by molar-refractivity contribution is 7.91. The molecule has 0 saturated carbocycles. The molecule has 0 aromatic heterocycles. The van der Waals surface area contributed by atoms with Gasteiger partial charge in [-0.05, 0) is 50.8 Å². The number of benzene rings is 1. The Morgan fingerprint density at radius 1 is 1.21 bits per heavy atom. The molecular weight excluding hydrogens is 260 g/mol. The fraction of sp³-hybridized carbons (Fsp3) is 0.571. The molecule has 19 heavy (non-hydrogen) atoms. The van der Waals surface area contributed by atoms with Crippen molar-refractivity contribution in [3.8, 4) is 0 Å². The number of hydrogen-bond donors (Lipinski definition) is 2. The first-order valence-electron chi connectivity index (χ1n) is 6.38. The first kappa shape index (κ1) is 16.1. The second kappa shape index (κ2) is 6.03. The topological polar surface area (TPSA) is 72.2 Å². The molecule has 0 fully saturated rings. The molecule has 0 bridgehead atoms. The normalized spacial score (nSPS) is 15.3. The fourth-order valence-electron chi connectivity index (χ4n) is 2.41. The first-order chi connectivity index (χ1) is 8.66. The van der Waals surface area contributed by atoms with Crippen LogP contribution >= 0.6 is 0 Å². The second-order valence-corrected chi connectivity index (χ2v) is 7.79. The highest BCUT2D eigenvalue weighted by Crippen LogP contribution is 2.20. The molecule has 2 unspecified atom stereocenters. The quantitative estimate of drug-likeness (QED) is 0.633. The van der Waals surface area contributed by atoms with Crippen LogP contribution < -0.4 is 11.3 Å². The predicted octanol–water partition coefficient (Wildman–Crippen LogP) is 1.42. The minimum absolute atomic E-state index is 0.282. The summed E-state index contributed by atoms with van der Waals surface area (Å²) >= 11 is 0. The van der Waals surface area contributed by atoms with Gasteiger partial charge >= 0.3 is 0 Å². The van der Waals surface area contributed by atoms with E-state index in [1.165, 1.54) is 28.5 Å². The summed E-state index contributed by atoms with van der Waals surface area (Å²) in [6, 6.07) is 3.94. The van der Waals surface area contributed by atoms with Crippen molar-refractivity contribution in [1.82, 2.24) is 5.43 Å². The Morgan fingerprint density at radius 2 is 1.68 bits per heavy atom. The summed E-state index contributed by atoms with van der Waals surface area (Å²) in [5, 5.41) is -0.516. The number of nitrogens with one attached hydrogen (secondary N) is 1. The molecular formula is C14H24N2O2S. The van der Waals surface area contributed by atoms with E-state index in [0.29, 0.717) is 6.42 Å². The molecule has 4 nitrogen and oxygen atoms in total. The van der Waals surface area contributed by atoms with Gasteiger partial charge in [0.15, 0.2) is 9.84 Å². The Balaban J connectivity index is 3.07. The average Bonchev–Trinajstić information content (AvgIpc) is 2.26. The number of sulfone groups is 1. The Morgan fingerprint density at radius 3 is 2.05 bits per heavy atom. The van der Waals surface area contributed by atoms with Crippen LogP contribution in [0.4, 0.5) is 0 Å². The molecule has 1 rings (SSSR count). The van der Waals surface area contributed by atoms with E-state index in [2.05, 4.69) is 24.5 Å². The maximum absolute atomic E-state index is 11.7. The van der Waals surface area contributed by atoms with Crippen LogP contribution in [0.5, 0.6) is 0 Å². The van der Waals surface area contributed by atoms with Crippen molar-refractivity contribution >= 4 is 9.84 Å². The van der Waals surface area contributed by atoms with Crippen LogP contribution in [0.3, 0.4) is 0 Å². The third-order valence-corrected chi connectivity index (χ3v) is 5.40. The zero-order chi connectivity index (χ0) is 14.8. The molecule has 5 heteroatoms. The summed E-state index contributed by atoms with van der Waals surface area (Å²) in [5.41, 5.74) is 7.39. The molecule has 0 heterocycles.